The second-order valence-electron chi connectivity index (χ2n) is 9.83. The van der Waals surface area contributed by atoms with Gasteiger partial charge < -0.3 is 19.6 Å². The lowest BCUT2D eigenvalue weighted by Crippen LogP contribution is -2.25. The van der Waals surface area contributed by atoms with Crippen LogP contribution in [0.25, 0.3) is 0 Å². The SMILES string of the molecule is CCN(Cc1ccc(CCN(C)CCOC)cc1)c1ccccc1[C@@H]1CCc2cc(O)ccc2C1. The number of methoxy groups -OCH3 is 1. The molecule has 0 unspecified atom stereocenters. The first-order valence-electron chi connectivity index (χ1n) is 13.0. The van der Waals surface area contributed by atoms with Gasteiger partial charge in [0.15, 0.2) is 0 Å². The molecule has 1 atom stereocenters. The number of rotatable bonds is 11. The number of phenols is 1. The molecule has 1 N–H and O–H groups in total. The van der Waals surface area contributed by atoms with Gasteiger partial charge in [0.1, 0.15) is 5.75 Å². The molecule has 0 saturated heterocycles. The van der Waals surface area contributed by atoms with E-state index >= 15 is 0 Å². The lowest BCUT2D eigenvalue weighted by atomic mass is 9.79. The first-order valence-corrected chi connectivity index (χ1v) is 13.0. The van der Waals surface area contributed by atoms with Crippen molar-refractivity contribution in [2.75, 3.05) is 45.3 Å². The minimum absolute atomic E-state index is 0.379. The first kappa shape index (κ1) is 25.3. The van der Waals surface area contributed by atoms with Crippen LogP contribution in [-0.2, 0) is 30.5 Å². The molecule has 0 fully saturated rings. The molecule has 4 rings (SSSR count). The molecule has 4 heteroatoms. The Labute approximate surface area is 211 Å². The fraction of sp³-hybridized carbons (Fsp3) is 0.419. The molecule has 0 saturated carbocycles. The van der Waals surface area contributed by atoms with Crippen LogP contribution in [0.2, 0.25) is 0 Å². The average molecular weight is 473 g/mol. The summed E-state index contributed by atoms with van der Waals surface area (Å²) in [6, 6.07) is 24.0. The van der Waals surface area contributed by atoms with Crippen molar-refractivity contribution in [1.82, 2.24) is 4.90 Å². The van der Waals surface area contributed by atoms with Crippen LogP contribution in [0.15, 0.2) is 66.7 Å². The summed E-state index contributed by atoms with van der Waals surface area (Å²) in [7, 11) is 3.91. The summed E-state index contributed by atoms with van der Waals surface area (Å²) in [4.78, 5) is 4.83. The zero-order chi connectivity index (χ0) is 24.6. The second-order valence-corrected chi connectivity index (χ2v) is 9.83. The zero-order valence-electron chi connectivity index (χ0n) is 21.5. The van der Waals surface area contributed by atoms with Gasteiger partial charge in [-0.3, -0.25) is 0 Å². The number of fused-ring (bicyclic) bond motifs is 1. The van der Waals surface area contributed by atoms with Crippen LogP contribution in [0.3, 0.4) is 0 Å². The van der Waals surface area contributed by atoms with Crippen molar-refractivity contribution in [1.29, 1.82) is 0 Å². The van der Waals surface area contributed by atoms with Crippen LogP contribution in [0, 0.1) is 0 Å². The van der Waals surface area contributed by atoms with E-state index in [9.17, 15) is 5.11 Å². The molecule has 1 aliphatic carbocycles. The monoisotopic (exact) mass is 472 g/mol. The minimum atomic E-state index is 0.379. The van der Waals surface area contributed by atoms with Crippen LogP contribution < -0.4 is 4.90 Å². The number of ether oxygens (including phenoxy) is 1. The van der Waals surface area contributed by atoms with Gasteiger partial charge in [-0.15, -0.1) is 0 Å². The quantitative estimate of drug-likeness (QED) is 0.382. The number of anilines is 1. The van der Waals surface area contributed by atoms with E-state index in [0.29, 0.717) is 11.7 Å². The lowest BCUT2D eigenvalue weighted by molar-refractivity contribution is 0.162. The standard InChI is InChI=1S/C31H40N2O2/c1-4-33(23-25-11-9-24(10-12-25)17-18-32(2)19-20-35-3)31-8-6-5-7-30(31)28-14-13-27-22-29(34)16-15-26(27)21-28/h5-12,15-16,22,28,34H,4,13-14,17-21,23H2,1-3H3/t28-/m1/s1. The number of hydrogen-bond donors (Lipinski definition) is 1. The lowest BCUT2D eigenvalue weighted by Gasteiger charge is -2.31. The highest BCUT2D eigenvalue weighted by molar-refractivity contribution is 5.56. The largest absolute Gasteiger partial charge is 0.508 e. The third-order valence-corrected chi connectivity index (χ3v) is 7.37. The molecule has 0 aliphatic heterocycles. The number of aryl methyl sites for hydroxylation is 1. The summed E-state index contributed by atoms with van der Waals surface area (Å²) in [5.41, 5.74) is 8.21. The number of para-hydroxylation sites is 1. The van der Waals surface area contributed by atoms with Gasteiger partial charge in [-0.1, -0.05) is 48.5 Å². The van der Waals surface area contributed by atoms with Crippen molar-refractivity contribution in [3.05, 3.63) is 94.5 Å². The van der Waals surface area contributed by atoms with Crippen molar-refractivity contribution in [2.45, 2.75) is 45.1 Å². The van der Waals surface area contributed by atoms with Gasteiger partial charge in [-0.2, -0.15) is 0 Å². The smallest absolute Gasteiger partial charge is 0.115 e. The van der Waals surface area contributed by atoms with E-state index in [1.165, 1.54) is 33.5 Å². The number of phenolic OH excluding ortho intramolecular Hbond substituents is 1. The highest BCUT2D eigenvalue weighted by Crippen LogP contribution is 2.38. The topological polar surface area (TPSA) is 35.9 Å². The molecule has 186 valence electrons. The number of benzene rings is 3. The number of likely N-dealkylation sites (N-methyl/N-ethyl adjacent to an activating group) is 1. The van der Waals surface area contributed by atoms with Crippen molar-refractivity contribution in [3.8, 4) is 5.75 Å². The fourth-order valence-electron chi connectivity index (χ4n) is 5.21. The molecule has 0 bridgehead atoms. The third kappa shape index (κ3) is 6.65. The number of aromatic hydroxyl groups is 1. The summed E-state index contributed by atoms with van der Waals surface area (Å²) < 4.78 is 5.18. The maximum absolute atomic E-state index is 9.85. The Morgan fingerprint density at radius 3 is 2.49 bits per heavy atom. The van der Waals surface area contributed by atoms with Crippen molar-refractivity contribution in [2.24, 2.45) is 0 Å². The Bertz CT molecular complexity index is 1080. The molecular formula is C31H40N2O2. The minimum Gasteiger partial charge on any atom is -0.508 e. The molecule has 3 aromatic carbocycles. The van der Waals surface area contributed by atoms with E-state index < -0.39 is 0 Å². The zero-order valence-corrected chi connectivity index (χ0v) is 21.5. The van der Waals surface area contributed by atoms with Crippen molar-refractivity contribution in [3.63, 3.8) is 0 Å². The Hall–Kier alpha value is -2.82. The Morgan fingerprint density at radius 1 is 0.943 bits per heavy atom. The van der Waals surface area contributed by atoms with Crippen LogP contribution in [0.4, 0.5) is 5.69 Å². The molecule has 0 spiro atoms. The van der Waals surface area contributed by atoms with E-state index in [1.807, 2.05) is 12.1 Å². The van der Waals surface area contributed by atoms with Gasteiger partial charge >= 0.3 is 0 Å². The third-order valence-electron chi connectivity index (χ3n) is 7.37. The molecule has 0 amide bonds. The summed E-state index contributed by atoms with van der Waals surface area (Å²) in [6.45, 7) is 6.93. The van der Waals surface area contributed by atoms with E-state index in [-0.39, 0.29) is 0 Å². The van der Waals surface area contributed by atoms with Crippen LogP contribution in [0.1, 0.15) is 47.1 Å². The normalized spacial score (nSPS) is 15.3. The van der Waals surface area contributed by atoms with Crippen molar-refractivity contribution >= 4 is 5.69 Å². The van der Waals surface area contributed by atoms with Crippen LogP contribution in [0.5, 0.6) is 5.75 Å². The predicted molar refractivity (Wildman–Crippen MR) is 146 cm³/mol. The van der Waals surface area contributed by atoms with Gasteiger partial charge in [-0.25, -0.2) is 0 Å². The molecule has 0 heterocycles. The van der Waals surface area contributed by atoms with Gasteiger partial charge in [0.2, 0.25) is 0 Å². The molecule has 4 nitrogen and oxygen atoms in total. The average Bonchev–Trinajstić information content (AvgIpc) is 2.89. The van der Waals surface area contributed by atoms with Gasteiger partial charge in [-0.05, 0) is 91.6 Å². The Morgan fingerprint density at radius 2 is 1.71 bits per heavy atom. The summed E-state index contributed by atoms with van der Waals surface area (Å²) in [5, 5.41) is 9.85. The van der Waals surface area contributed by atoms with Crippen LogP contribution >= 0.6 is 0 Å². The van der Waals surface area contributed by atoms with Gasteiger partial charge in [0, 0.05) is 39.0 Å². The molecule has 3 aromatic rings. The number of nitrogens with zero attached hydrogens (tertiary/aromatic N) is 2. The first-order chi connectivity index (χ1) is 17.1. The van der Waals surface area contributed by atoms with E-state index in [2.05, 4.69) is 78.4 Å². The maximum atomic E-state index is 9.85. The molecule has 35 heavy (non-hydrogen) atoms. The summed E-state index contributed by atoms with van der Waals surface area (Å²) in [6.07, 6.45) is 4.25. The second kappa shape index (κ2) is 12.2. The molecule has 1 aliphatic rings. The highest BCUT2D eigenvalue weighted by Gasteiger charge is 2.24. The molecule has 0 aromatic heterocycles. The van der Waals surface area contributed by atoms with Gasteiger partial charge in [0.05, 0.1) is 6.61 Å². The van der Waals surface area contributed by atoms with Crippen molar-refractivity contribution < 1.29 is 9.84 Å². The maximum Gasteiger partial charge on any atom is 0.115 e. The summed E-state index contributed by atoms with van der Waals surface area (Å²) in [5.74, 6) is 0.888. The Balaban J connectivity index is 1.43. The van der Waals surface area contributed by atoms with E-state index in [1.54, 1.807) is 7.11 Å². The Kier molecular flexibility index (Phi) is 8.84. The van der Waals surface area contributed by atoms with Crippen LogP contribution in [-0.4, -0.2) is 50.4 Å². The predicted octanol–water partition coefficient (Wildman–Crippen LogP) is 5.81. The highest BCUT2D eigenvalue weighted by atomic mass is 16.5. The van der Waals surface area contributed by atoms with Gasteiger partial charge in [0.25, 0.3) is 0 Å². The fourth-order valence-corrected chi connectivity index (χ4v) is 5.21. The molecular weight excluding hydrogens is 432 g/mol. The van der Waals surface area contributed by atoms with E-state index in [0.717, 1.165) is 58.5 Å². The summed E-state index contributed by atoms with van der Waals surface area (Å²) >= 11 is 0. The van der Waals surface area contributed by atoms with E-state index in [4.69, 9.17) is 4.74 Å². The molecule has 0 radical (unpaired) electrons. The number of hydrogen-bond acceptors (Lipinski definition) is 4.